The third-order valence-corrected chi connectivity index (χ3v) is 7.50. The lowest BCUT2D eigenvalue weighted by Crippen LogP contribution is -2.60. The van der Waals surface area contributed by atoms with E-state index in [1.54, 1.807) is 0 Å². The average molecular weight is 552 g/mol. The average Bonchev–Trinajstić information content (AvgIpc) is 3.35. The number of carboxylic acids is 1. The zero-order chi connectivity index (χ0) is 27.9. The van der Waals surface area contributed by atoms with Gasteiger partial charge in [-0.25, -0.2) is 4.79 Å². The largest absolute Gasteiger partial charge is 0.481 e. The fraction of sp³-hybridized carbons (Fsp3) is 0.818. The summed E-state index contributed by atoms with van der Waals surface area (Å²) in [5.74, 6) is -5.19. The summed E-state index contributed by atoms with van der Waals surface area (Å²) in [6.07, 6.45) is -16.6. The molecular formula is C22H32O16. The van der Waals surface area contributed by atoms with Crippen LogP contribution in [0.15, 0.2) is 11.8 Å². The summed E-state index contributed by atoms with van der Waals surface area (Å²) < 4.78 is 26.8. The maximum Gasteiger partial charge on any atom is 0.339 e. The van der Waals surface area contributed by atoms with Crippen LogP contribution in [0.3, 0.4) is 0 Å². The number of fused-ring (bicyclic) bond motifs is 1. The lowest BCUT2D eigenvalue weighted by Gasteiger charge is -2.43. The smallest absolute Gasteiger partial charge is 0.339 e. The number of esters is 1. The topological polar surface area (TPSA) is 262 Å². The summed E-state index contributed by atoms with van der Waals surface area (Å²) in [4.78, 5) is 25.0. The monoisotopic (exact) mass is 552 g/mol. The van der Waals surface area contributed by atoms with Gasteiger partial charge in [0.15, 0.2) is 6.29 Å². The van der Waals surface area contributed by atoms with E-state index < -0.39 is 111 Å². The van der Waals surface area contributed by atoms with Crippen molar-refractivity contribution >= 4 is 11.9 Å². The van der Waals surface area contributed by atoms with Crippen LogP contribution in [0.2, 0.25) is 0 Å². The van der Waals surface area contributed by atoms with Gasteiger partial charge in [0.2, 0.25) is 12.6 Å². The van der Waals surface area contributed by atoms with Crippen molar-refractivity contribution < 1.29 is 79.2 Å². The van der Waals surface area contributed by atoms with Gasteiger partial charge in [-0.3, -0.25) is 4.79 Å². The van der Waals surface area contributed by atoms with Crippen molar-refractivity contribution in [3.05, 3.63) is 11.8 Å². The Morgan fingerprint density at radius 2 is 1.34 bits per heavy atom. The number of aliphatic hydroxyl groups excluding tert-OH is 8. The van der Waals surface area contributed by atoms with Crippen molar-refractivity contribution in [2.24, 2.45) is 17.8 Å². The lowest BCUT2D eigenvalue weighted by molar-refractivity contribution is -0.342. The summed E-state index contributed by atoms with van der Waals surface area (Å²) in [6.45, 7) is -1.46. The van der Waals surface area contributed by atoms with Gasteiger partial charge in [-0.2, -0.15) is 0 Å². The van der Waals surface area contributed by atoms with Crippen molar-refractivity contribution in [2.45, 2.75) is 80.5 Å². The molecule has 0 bridgehead atoms. The predicted molar refractivity (Wildman–Crippen MR) is 115 cm³/mol. The molecule has 4 aliphatic rings. The van der Waals surface area contributed by atoms with Gasteiger partial charge in [-0.15, -0.1) is 0 Å². The van der Waals surface area contributed by atoms with Crippen LogP contribution < -0.4 is 0 Å². The Labute approximate surface area is 215 Å². The first-order chi connectivity index (χ1) is 18.0. The van der Waals surface area contributed by atoms with Crippen LogP contribution in [0.5, 0.6) is 0 Å². The molecule has 9 N–H and O–H groups in total. The summed E-state index contributed by atoms with van der Waals surface area (Å²) in [7, 11) is 0. The van der Waals surface area contributed by atoms with Gasteiger partial charge in [0.1, 0.15) is 48.8 Å². The van der Waals surface area contributed by atoms with Crippen molar-refractivity contribution in [3.63, 3.8) is 0 Å². The molecule has 0 aromatic heterocycles. The molecule has 16 nitrogen and oxygen atoms in total. The van der Waals surface area contributed by atoms with E-state index >= 15 is 0 Å². The zero-order valence-corrected chi connectivity index (χ0v) is 19.9. The standard InChI is InChI=1S/C22H32O16/c23-3-9-12(25)14(27)16(29)21(35-9)37-19(33)8-5-34-20(11-6(8)1-2-7(11)18(31)32)38-22-17(30)15(28)13(26)10(4-24)36-22/h5-7,9-17,20-30H,1-4H2,(H,31,32). The number of aliphatic carboxylic acids is 1. The van der Waals surface area contributed by atoms with Crippen molar-refractivity contribution in [2.75, 3.05) is 13.2 Å². The maximum atomic E-state index is 13.0. The molecule has 0 aromatic rings. The number of rotatable bonds is 7. The Morgan fingerprint density at radius 3 is 1.89 bits per heavy atom. The molecule has 1 saturated carbocycles. The molecule has 14 atom stereocenters. The van der Waals surface area contributed by atoms with E-state index in [9.17, 15) is 55.5 Å². The van der Waals surface area contributed by atoms with Crippen molar-refractivity contribution in [1.82, 2.24) is 0 Å². The highest BCUT2D eigenvalue weighted by Crippen LogP contribution is 2.48. The highest BCUT2D eigenvalue weighted by Gasteiger charge is 2.54. The molecule has 3 aliphatic heterocycles. The van der Waals surface area contributed by atoms with Crippen LogP contribution in [0.25, 0.3) is 0 Å². The van der Waals surface area contributed by atoms with Gasteiger partial charge in [0, 0.05) is 11.8 Å². The van der Waals surface area contributed by atoms with Crippen LogP contribution in [0, 0.1) is 17.8 Å². The molecule has 0 radical (unpaired) electrons. The minimum Gasteiger partial charge on any atom is -0.481 e. The number of carbonyl (C=O) groups excluding carboxylic acids is 1. The number of hydrogen-bond acceptors (Lipinski definition) is 15. The van der Waals surface area contributed by atoms with Crippen molar-refractivity contribution in [3.8, 4) is 0 Å². The number of carboxylic acid groups (broad SMARTS) is 1. The lowest BCUT2D eigenvalue weighted by atomic mass is 9.82. The van der Waals surface area contributed by atoms with E-state index in [1.165, 1.54) is 0 Å². The van der Waals surface area contributed by atoms with E-state index in [0.717, 1.165) is 6.26 Å². The van der Waals surface area contributed by atoms with Gasteiger partial charge in [0.25, 0.3) is 0 Å². The molecule has 216 valence electrons. The predicted octanol–water partition coefficient (Wildman–Crippen LogP) is -4.89. The van der Waals surface area contributed by atoms with Gasteiger partial charge in [-0.05, 0) is 12.8 Å². The Kier molecular flexibility index (Phi) is 8.90. The van der Waals surface area contributed by atoms with E-state index in [-0.39, 0.29) is 18.4 Å². The summed E-state index contributed by atoms with van der Waals surface area (Å²) in [5, 5.41) is 88.8. The molecule has 14 unspecified atom stereocenters. The highest BCUT2D eigenvalue weighted by molar-refractivity contribution is 5.89. The molecule has 1 aliphatic carbocycles. The molecule has 0 aromatic carbocycles. The first-order valence-corrected chi connectivity index (χ1v) is 12.1. The maximum absolute atomic E-state index is 13.0. The Hall–Kier alpha value is -1.96. The van der Waals surface area contributed by atoms with Gasteiger partial charge < -0.3 is 69.6 Å². The van der Waals surface area contributed by atoms with Gasteiger partial charge in [-0.1, -0.05) is 0 Å². The third kappa shape index (κ3) is 5.26. The molecule has 0 spiro atoms. The van der Waals surface area contributed by atoms with Crippen LogP contribution in [0.1, 0.15) is 12.8 Å². The molecule has 3 heterocycles. The third-order valence-electron chi connectivity index (χ3n) is 7.50. The minimum atomic E-state index is -1.85. The molecule has 16 heteroatoms. The second-order valence-electron chi connectivity index (χ2n) is 9.72. The molecule has 38 heavy (non-hydrogen) atoms. The molecule has 4 rings (SSSR count). The summed E-state index contributed by atoms with van der Waals surface area (Å²) in [5.41, 5.74) is -0.135. The van der Waals surface area contributed by atoms with E-state index in [2.05, 4.69) is 0 Å². The highest BCUT2D eigenvalue weighted by atomic mass is 16.8. The quantitative estimate of drug-likeness (QED) is 0.134. The number of hydrogen-bond donors (Lipinski definition) is 9. The van der Waals surface area contributed by atoms with Gasteiger partial charge >= 0.3 is 11.9 Å². The fourth-order valence-electron chi connectivity index (χ4n) is 5.35. The first kappa shape index (κ1) is 29.0. The summed E-state index contributed by atoms with van der Waals surface area (Å²) >= 11 is 0. The zero-order valence-electron chi connectivity index (χ0n) is 19.9. The van der Waals surface area contributed by atoms with Crippen LogP contribution in [-0.4, -0.2) is 139 Å². The molecular weight excluding hydrogens is 520 g/mol. The molecule has 0 amide bonds. The van der Waals surface area contributed by atoms with E-state index in [1.807, 2.05) is 0 Å². The SMILES string of the molecule is O=C(OC1OC(CO)C(O)C(O)C1O)C1=COC(OC2OC(CO)C(O)C(O)C2O)C2C(C(=O)O)CCC12. The van der Waals surface area contributed by atoms with E-state index in [0.29, 0.717) is 0 Å². The second-order valence-corrected chi connectivity index (χ2v) is 9.72. The number of aliphatic hydroxyl groups is 8. The fourth-order valence-corrected chi connectivity index (χ4v) is 5.35. The first-order valence-electron chi connectivity index (χ1n) is 12.1. The van der Waals surface area contributed by atoms with Crippen LogP contribution >= 0.6 is 0 Å². The molecule has 2 saturated heterocycles. The molecule has 3 fully saturated rings. The second kappa shape index (κ2) is 11.6. The number of carbonyl (C=O) groups is 2. The van der Waals surface area contributed by atoms with E-state index in [4.69, 9.17) is 23.7 Å². The van der Waals surface area contributed by atoms with Gasteiger partial charge in [0.05, 0.1) is 31.0 Å². The minimum absolute atomic E-state index is 0.104. The Balaban J connectivity index is 1.52. The number of ether oxygens (including phenoxy) is 5. The van der Waals surface area contributed by atoms with Crippen LogP contribution in [-0.2, 0) is 33.3 Å². The Bertz CT molecular complexity index is 893. The van der Waals surface area contributed by atoms with Crippen molar-refractivity contribution in [1.29, 1.82) is 0 Å². The van der Waals surface area contributed by atoms with Crippen LogP contribution in [0.4, 0.5) is 0 Å². The Morgan fingerprint density at radius 1 is 0.789 bits per heavy atom. The summed E-state index contributed by atoms with van der Waals surface area (Å²) in [6, 6.07) is 0. The normalized spacial score (nSPS) is 47.0.